The summed E-state index contributed by atoms with van der Waals surface area (Å²) < 4.78 is 0. The molecule has 1 aliphatic carbocycles. The number of hydrogen-bond donors (Lipinski definition) is 2. The van der Waals surface area contributed by atoms with E-state index in [1.807, 2.05) is 0 Å². The number of nitrogens with two attached hydrogens (primary N) is 1. The molecule has 1 saturated carbocycles. The minimum atomic E-state index is -1.02. The Morgan fingerprint density at radius 1 is 1.71 bits per heavy atom. The molecule has 0 amide bonds. The molecule has 0 spiro atoms. The third kappa shape index (κ3) is 2.80. The van der Waals surface area contributed by atoms with Crippen molar-refractivity contribution in [2.24, 2.45) is 17.6 Å². The molecule has 4 nitrogen and oxygen atoms in total. The summed E-state index contributed by atoms with van der Waals surface area (Å²) in [5.41, 5.74) is 5.40. The number of Topliss-reactive ketones (excluding diaryl/α,β-unsaturated/α-hetero) is 1. The summed E-state index contributed by atoms with van der Waals surface area (Å²) in [6.07, 6.45) is 2.59. The van der Waals surface area contributed by atoms with Gasteiger partial charge in [-0.15, -0.1) is 0 Å². The van der Waals surface area contributed by atoms with E-state index in [-0.39, 0.29) is 11.7 Å². The summed E-state index contributed by atoms with van der Waals surface area (Å²) in [5.74, 6) is -0.459. The van der Waals surface area contributed by atoms with Crippen molar-refractivity contribution in [1.29, 1.82) is 0 Å². The fourth-order valence-electron chi connectivity index (χ4n) is 1.96. The van der Waals surface area contributed by atoms with E-state index in [4.69, 9.17) is 10.8 Å². The first-order valence-electron chi connectivity index (χ1n) is 5.01. The maximum absolute atomic E-state index is 11.4. The Morgan fingerprint density at radius 2 is 2.36 bits per heavy atom. The van der Waals surface area contributed by atoms with Crippen molar-refractivity contribution in [3.63, 3.8) is 0 Å². The molecule has 1 rings (SSSR count). The number of carboxylic acid groups (broad SMARTS) is 1. The molecular weight excluding hydrogens is 182 g/mol. The zero-order valence-corrected chi connectivity index (χ0v) is 8.40. The molecule has 0 radical (unpaired) electrons. The predicted molar refractivity (Wildman–Crippen MR) is 51.7 cm³/mol. The van der Waals surface area contributed by atoms with Crippen LogP contribution >= 0.6 is 0 Å². The average molecular weight is 199 g/mol. The van der Waals surface area contributed by atoms with Crippen LogP contribution in [0.1, 0.15) is 32.6 Å². The molecule has 1 fully saturated rings. The van der Waals surface area contributed by atoms with Crippen LogP contribution < -0.4 is 5.73 Å². The average Bonchev–Trinajstić information content (AvgIpc) is 2.11. The smallest absolute Gasteiger partial charge is 0.320 e. The molecule has 2 unspecified atom stereocenters. The van der Waals surface area contributed by atoms with Crippen molar-refractivity contribution < 1.29 is 14.7 Å². The van der Waals surface area contributed by atoms with E-state index >= 15 is 0 Å². The maximum Gasteiger partial charge on any atom is 0.320 e. The highest BCUT2D eigenvalue weighted by Gasteiger charge is 2.29. The lowest BCUT2D eigenvalue weighted by Crippen LogP contribution is -2.36. The molecule has 80 valence electrons. The molecule has 3 N–H and O–H groups in total. The fraction of sp³-hybridized carbons (Fsp3) is 0.800. The van der Waals surface area contributed by atoms with Gasteiger partial charge in [-0.25, -0.2) is 0 Å². The molecule has 0 aromatic carbocycles. The van der Waals surface area contributed by atoms with E-state index in [9.17, 15) is 9.59 Å². The van der Waals surface area contributed by atoms with Crippen LogP contribution in [0, 0.1) is 11.8 Å². The van der Waals surface area contributed by atoms with Gasteiger partial charge in [0.1, 0.15) is 11.8 Å². The van der Waals surface area contributed by atoms with E-state index in [1.165, 1.54) is 0 Å². The number of aliphatic carboxylic acids is 1. The zero-order chi connectivity index (χ0) is 10.7. The molecule has 0 bridgehead atoms. The zero-order valence-electron chi connectivity index (χ0n) is 8.40. The molecule has 3 atom stereocenters. The van der Waals surface area contributed by atoms with Crippen molar-refractivity contribution >= 4 is 11.8 Å². The summed E-state index contributed by atoms with van der Waals surface area (Å²) in [6, 6.07) is -0.894. The second-order valence-corrected chi connectivity index (χ2v) is 4.22. The quantitative estimate of drug-likeness (QED) is 0.704. The summed E-state index contributed by atoms with van der Waals surface area (Å²) in [4.78, 5) is 22.0. The SMILES string of the molecule is CC1CCC(=O)C(C[C@H](N)C(=O)O)C1. The molecule has 0 heterocycles. The maximum atomic E-state index is 11.4. The Kier molecular flexibility index (Phi) is 3.63. The lowest BCUT2D eigenvalue weighted by molar-refractivity contribution is -0.139. The van der Waals surface area contributed by atoms with E-state index in [0.29, 0.717) is 18.8 Å². The van der Waals surface area contributed by atoms with Gasteiger partial charge in [-0.05, 0) is 25.2 Å². The Balaban J connectivity index is 2.49. The van der Waals surface area contributed by atoms with Gasteiger partial charge in [0, 0.05) is 12.3 Å². The third-order valence-electron chi connectivity index (χ3n) is 2.88. The Hall–Kier alpha value is -0.900. The molecule has 14 heavy (non-hydrogen) atoms. The first kappa shape index (κ1) is 11.2. The first-order valence-corrected chi connectivity index (χ1v) is 5.01. The lowest BCUT2D eigenvalue weighted by atomic mass is 9.78. The molecule has 0 aliphatic heterocycles. The van der Waals surface area contributed by atoms with Crippen molar-refractivity contribution in [3.05, 3.63) is 0 Å². The Labute approximate surface area is 83.5 Å². The second kappa shape index (κ2) is 4.55. The van der Waals surface area contributed by atoms with Crippen molar-refractivity contribution in [3.8, 4) is 0 Å². The number of ketones is 1. The number of hydrogen-bond acceptors (Lipinski definition) is 3. The minimum absolute atomic E-state index is 0.134. The van der Waals surface area contributed by atoms with Gasteiger partial charge in [-0.3, -0.25) is 9.59 Å². The monoisotopic (exact) mass is 199 g/mol. The van der Waals surface area contributed by atoms with Crippen LogP contribution in [0.3, 0.4) is 0 Å². The third-order valence-corrected chi connectivity index (χ3v) is 2.88. The highest BCUT2D eigenvalue weighted by Crippen LogP contribution is 2.28. The van der Waals surface area contributed by atoms with Gasteiger partial charge in [0.15, 0.2) is 0 Å². The van der Waals surface area contributed by atoms with Crippen LogP contribution in [-0.4, -0.2) is 22.9 Å². The number of carbonyl (C=O) groups is 2. The predicted octanol–water partition coefficient (Wildman–Crippen LogP) is 0.794. The lowest BCUT2D eigenvalue weighted by Gasteiger charge is -2.26. The van der Waals surface area contributed by atoms with Crippen molar-refractivity contribution in [2.75, 3.05) is 0 Å². The van der Waals surface area contributed by atoms with Gasteiger partial charge < -0.3 is 10.8 Å². The minimum Gasteiger partial charge on any atom is -0.480 e. The van der Waals surface area contributed by atoms with Crippen LogP contribution in [0.4, 0.5) is 0 Å². The van der Waals surface area contributed by atoms with Crippen LogP contribution in [0.25, 0.3) is 0 Å². The van der Waals surface area contributed by atoms with E-state index in [2.05, 4.69) is 6.92 Å². The number of carboxylic acids is 1. The normalized spacial score (nSPS) is 30.0. The molecule has 4 heteroatoms. The highest BCUT2D eigenvalue weighted by molar-refractivity contribution is 5.83. The molecule has 1 aliphatic rings. The highest BCUT2D eigenvalue weighted by atomic mass is 16.4. The summed E-state index contributed by atoms with van der Waals surface area (Å²) in [7, 11) is 0. The van der Waals surface area contributed by atoms with Crippen molar-refractivity contribution in [1.82, 2.24) is 0 Å². The van der Waals surface area contributed by atoms with Crippen molar-refractivity contribution in [2.45, 2.75) is 38.6 Å². The Bertz CT molecular complexity index is 240. The number of rotatable bonds is 3. The number of carbonyl (C=O) groups excluding carboxylic acids is 1. The summed E-state index contributed by atoms with van der Waals surface area (Å²) in [5, 5.41) is 8.63. The van der Waals surface area contributed by atoms with E-state index in [1.54, 1.807) is 0 Å². The van der Waals surface area contributed by atoms with Gasteiger partial charge in [0.25, 0.3) is 0 Å². The van der Waals surface area contributed by atoms with Gasteiger partial charge in [-0.1, -0.05) is 6.92 Å². The summed E-state index contributed by atoms with van der Waals surface area (Å²) in [6.45, 7) is 2.09. The van der Waals surface area contributed by atoms with Gasteiger partial charge >= 0.3 is 5.97 Å². The van der Waals surface area contributed by atoms with E-state index < -0.39 is 12.0 Å². The van der Waals surface area contributed by atoms with Crippen LogP contribution in [0.2, 0.25) is 0 Å². The van der Waals surface area contributed by atoms with Gasteiger partial charge in [-0.2, -0.15) is 0 Å². The largest absolute Gasteiger partial charge is 0.480 e. The molecule has 0 aromatic rings. The van der Waals surface area contributed by atoms with E-state index in [0.717, 1.165) is 12.8 Å². The van der Waals surface area contributed by atoms with Crippen LogP contribution in [0.5, 0.6) is 0 Å². The van der Waals surface area contributed by atoms with Crippen LogP contribution in [-0.2, 0) is 9.59 Å². The molecule has 0 saturated heterocycles. The summed E-state index contributed by atoms with van der Waals surface area (Å²) >= 11 is 0. The second-order valence-electron chi connectivity index (χ2n) is 4.22. The van der Waals surface area contributed by atoms with Gasteiger partial charge in [0.2, 0.25) is 0 Å². The standard InChI is InChI=1S/C10H17NO3/c1-6-2-3-9(12)7(4-6)5-8(11)10(13)14/h6-8H,2-5,11H2,1H3,(H,13,14)/t6?,7?,8-/m0/s1. The van der Waals surface area contributed by atoms with Crippen LogP contribution in [0.15, 0.2) is 0 Å². The first-order chi connectivity index (χ1) is 6.50. The topological polar surface area (TPSA) is 80.4 Å². The molecule has 0 aromatic heterocycles. The Morgan fingerprint density at radius 3 is 2.93 bits per heavy atom. The fourth-order valence-corrected chi connectivity index (χ4v) is 1.96. The van der Waals surface area contributed by atoms with Gasteiger partial charge in [0.05, 0.1) is 0 Å². The molecular formula is C10H17NO3.